The number of carbonyl (C=O) groups is 1. The van der Waals surface area contributed by atoms with Crippen LogP contribution in [0.3, 0.4) is 0 Å². The lowest BCUT2D eigenvalue weighted by atomic mass is 10.1. The van der Waals surface area contributed by atoms with Crippen molar-refractivity contribution in [2.75, 3.05) is 0 Å². The highest BCUT2D eigenvalue weighted by Gasteiger charge is 2.06. The Labute approximate surface area is 117 Å². The van der Waals surface area contributed by atoms with Gasteiger partial charge in [-0.05, 0) is 52.5 Å². The molecule has 0 aliphatic heterocycles. The molecule has 2 nitrogen and oxygen atoms in total. The Morgan fingerprint density at radius 2 is 1.79 bits per heavy atom. The molecule has 0 aliphatic carbocycles. The largest absolute Gasteiger partial charge is 0.478 e. The van der Waals surface area contributed by atoms with E-state index in [-0.39, 0.29) is 0 Å². The third-order valence-corrected chi connectivity index (χ3v) is 2.91. The second-order valence-electron chi connectivity index (χ2n) is 5.01. The Morgan fingerprint density at radius 1 is 1.16 bits per heavy atom. The molecule has 0 spiro atoms. The molecule has 0 aromatic heterocycles. The summed E-state index contributed by atoms with van der Waals surface area (Å²) in [6.07, 6.45) is 10.7. The highest BCUT2D eigenvalue weighted by atomic mass is 16.4. The van der Waals surface area contributed by atoms with E-state index in [0.29, 0.717) is 12.0 Å². The second-order valence-corrected chi connectivity index (χ2v) is 5.01. The van der Waals surface area contributed by atoms with Gasteiger partial charge in [0, 0.05) is 5.57 Å². The van der Waals surface area contributed by atoms with E-state index in [9.17, 15) is 4.79 Å². The van der Waals surface area contributed by atoms with Crippen LogP contribution in [-0.2, 0) is 4.79 Å². The van der Waals surface area contributed by atoms with Crippen LogP contribution < -0.4 is 0 Å². The third-order valence-electron chi connectivity index (χ3n) is 2.91. The Morgan fingerprint density at radius 3 is 2.26 bits per heavy atom. The number of hydrogen-bond acceptors (Lipinski definition) is 1. The number of hydrogen-bond donors (Lipinski definition) is 1. The number of rotatable bonds is 7. The third kappa shape index (κ3) is 8.20. The summed E-state index contributed by atoms with van der Waals surface area (Å²) in [7, 11) is 0. The zero-order valence-corrected chi connectivity index (χ0v) is 12.8. The maximum atomic E-state index is 11.0. The van der Waals surface area contributed by atoms with Gasteiger partial charge in [0.2, 0.25) is 0 Å². The van der Waals surface area contributed by atoms with Gasteiger partial charge in [0.25, 0.3) is 0 Å². The molecular weight excluding hydrogens is 236 g/mol. The molecule has 0 heterocycles. The lowest BCUT2D eigenvalue weighted by Crippen LogP contribution is -2.01. The normalized spacial score (nSPS) is 13.4. The lowest BCUT2D eigenvalue weighted by molar-refractivity contribution is -0.132. The summed E-state index contributed by atoms with van der Waals surface area (Å²) in [4.78, 5) is 11.0. The van der Waals surface area contributed by atoms with E-state index in [2.05, 4.69) is 32.9 Å². The van der Waals surface area contributed by atoms with E-state index >= 15 is 0 Å². The minimum absolute atomic E-state index is 0.479. The fourth-order valence-corrected chi connectivity index (χ4v) is 1.73. The highest BCUT2D eigenvalue weighted by molar-refractivity contribution is 5.87. The Bertz CT molecular complexity index is 417. The average molecular weight is 262 g/mol. The summed E-state index contributed by atoms with van der Waals surface area (Å²) in [6.45, 7) is 10.0. The van der Waals surface area contributed by atoms with Crippen molar-refractivity contribution >= 4 is 5.97 Å². The fourth-order valence-electron chi connectivity index (χ4n) is 1.73. The average Bonchev–Trinajstić information content (AvgIpc) is 2.28. The molecule has 0 aliphatic rings. The summed E-state index contributed by atoms with van der Waals surface area (Å²) in [5.41, 5.74) is 3.95. The minimum Gasteiger partial charge on any atom is -0.478 e. The number of aliphatic carboxylic acids is 1. The van der Waals surface area contributed by atoms with Crippen LogP contribution in [-0.4, -0.2) is 11.1 Å². The van der Waals surface area contributed by atoms with Crippen molar-refractivity contribution < 1.29 is 9.90 Å². The molecular formula is C17H26O2. The molecule has 1 N–H and O–H groups in total. The first-order chi connectivity index (χ1) is 8.88. The Kier molecular flexibility index (Phi) is 8.60. The molecule has 0 fully saturated rings. The molecule has 0 rings (SSSR count). The molecule has 106 valence electrons. The Balaban J connectivity index is 4.56. The molecule has 2 heteroatoms. The van der Waals surface area contributed by atoms with Crippen molar-refractivity contribution in [2.45, 2.75) is 53.9 Å². The van der Waals surface area contributed by atoms with Crippen LogP contribution in [0, 0.1) is 0 Å². The topological polar surface area (TPSA) is 37.3 Å². The van der Waals surface area contributed by atoms with E-state index in [0.717, 1.165) is 18.4 Å². The highest BCUT2D eigenvalue weighted by Crippen LogP contribution is 2.11. The molecule has 0 aromatic carbocycles. The second kappa shape index (κ2) is 9.37. The molecule has 0 atom stereocenters. The van der Waals surface area contributed by atoms with Gasteiger partial charge in [-0.25, -0.2) is 4.79 Å². The van der Waals surface area contributed by atoms with Gasteiger partial charge < -0.3 is 5.11 Å². The SMILES string of the molecule is CCC(C(=O)O)=C(C)C=CC=C(C)CCC=C(C)C. The molecule has 0 amide bonds. The van der Waals surface area contributed by atoms with Crippen LogP contribution in [0.2, 0.25) is 0 Å². The first-order valence-electron chi connectivity index (χ1n) is 6.78. The lowest BCUT2D eigenvalue weighted by Gasteiger charge is -2.00. The van der Waals surface area contributed by atoms with E-state index in [4.69, 9.17) is 5.11 Å². The van der Waals surface area contributed by atoms with Crippen LogP contribution in [0.5, 0.6) is 0 Å². The van der Waals surface area contributed by atoms with E-state index in [1.807, 2.05) is 26.0 Å². The summed E-state index contributed by atoms with van der Waals surface area (Å²) >= 11 is 0. The van der Waals surface area contributed by atoms with Crippen molar-refractivity contribution in [3.05, 3.63) is 46.6 Å². The summed E-state index contributed by atoms with van der Waals surface area (Å²) in [6, 6.07) is 0. The fraction of sp³-hybridized carbons (Fsp3) is 0.471. The van der Waals surface area contributed by atoms with Gasteiger partial charge in [-0.3, -0.25) is 0 Å². The molecule has 0 aromatic rings. The number of carboxylic acids is 1. The van der Waals surface area contributed by atoms with Crippen molar-refractivity contribution in [3.63, 3.8) is 0 Å². The zero-order valence-electron chi connectivity index (χ0n) is 12.8. The van der Waals surface area contributed by atoms with Gasteiger partial charge in [-0.1, -0.05) is 42.4 Å². The first-order valence-corrected chi connectivity index (χ1v) is 6.78. The van der Waals surface area contributed by atoms with E-state index in [1.165, 1.54) is 11.1 Å². The summed E-state index contributed by atoms with van der Waals surface area (Å²) < 4.78 is 0. The molecule has 0 unspecified atom stereocenters. The Hall–Kier alpha value is -1.57. The van der Waals surface area contributed by atoms with Gasteiger partial charge in [0.1, 0.15) is 0 Å². The van der Waals surface area contributed by atoms with E-state index in [1.54, 1.807) is 0 Å². The van der Waals surface area contributed by atoms with Gasteiger partial charge in [-0.2, -0.15) is 0 Å². The summed E-state index contributed by atoms with van der Waals surface area (Å²) in [5.74, 6) is -0.825. The van der Waals surface area contributed by atoms with Crippen molar-refractivity contribution in [1.82, 2.24) is 0 Å². The monoisotopic (exact) mass is 262 g/mol. The molecule has 0 saturated carbocycles. The molecule has 19 heavy (non-hydrogen) atoms. The van der Waals surface area contributed by atoms with Gasteiger partial charge >= 0.3 is 5.97 Å². The maximum Gasteiger partial charge on any atom is 0.331 e. The smallest absolute Gasteiger partial charge is 0.331 e. The zero-order chi connectivity index (χ0) is 14.8. The van der Waals surface area contributed by atoms with E-state index < -0.39 is 5.97 Å². The molecule has 0 saturated heterocycles. The predicted molar refractivity (Wildman–Crippen MR) is 82.2 cm³/mol. The number of carboxylic acid groups (broad SMARTS) is 1. The van der Waals surface area contributed by atoms with Crippen LogP contribution >= 0.6 is 0 Å². The molecule has 0 bridgehead atoms. The van der Waals surface area contributed by atoms with Crippen LogP contribution in [0.1, 0.15) is 53.9 Å². The summed E-state index contributed by atoms with van der Waals surface area (Å²) in [5, 5.41) is 9.01. The maximum absolute atomic E-state index is 11.0. The van der Waals surface area contributed by atoms with Gasteiger partial charge in [0.15, 0.2) is 0 Å². The van der Waals surface area contributed by atoms with Crippen LogP contribution in [0.4, 0.5) is 0 Å². The van der Waals surface area contributed by atoms with Crippen molar-refractivity contribution in [3.8, 4) is 0 Å². The van der Waals surface area contributed by atoms with Gasteiger partial charge in [0.05, 0.1) is 0 Å². The van der Waals surface area contributed by atoms with Crippen LogP contribution in [0.15, 0.2) is 46.6 Å². The quantitative estimate of drug-likeness (QED) is 0.396. The van der Waals surface area contributed by atoms with Crippen molar-refractivity contribution in [1.29, 1.82) is 0 Å². The number of allylic oxidation sites excluding steroid dienone is 7. The first kappa shape index (κ1) is 17.4. The van der Waals surface area contributed by atoms with Crippen molar-refractivity contribution in [2.24, 2.45) is 0 Å². The van der Waals surface area contributed by atoms with Crippen LogP contribution in [0.25, 0.3) is 0 Å². The molecule has 0 radical (unpaired) electrons. The van der Waals surface area contributed by atoms with Gasteiger partial charge in [-0.15, -0.1) is 0 Å². The predicted octanol–water partition coefficient (Wildman–Crippen LogP) is 5.05. The standard InChI is InChI=1S/C17H26O2/c1-6-16(17(18)19)15(5)12-8-11-14(4)10-7-9-13(2)3/h8-9,11-12H,6-7,10H2,1-5H3,(H,18,19). The minimum atomic E-state index is -0.825.